The van der Waals surface area contributed by atoms with Gasteiger partial charge in [0.05, 0.1) is 5.56 Å². The summed E-state index contributed by atoms with van der Waals surface area (Å²) in [5.74, 6) is 2.16. The van der Waals surface area contributed by atoms with Crippen LogP contribution < -0.4 is 5.32 Å². The number of carboxylic acids is 1. The van der Waals surface area contributed by atoms with Crippen molar-refractivity contribution in [3.8, 4) is 0 Å². The lowest BCUT2D eigenvalue weighted by molar-refractivity contribution is -0.222. The summed E-state index contributed by atoms with van der Waals surface area (Å²) in [6.07, 6.45) is 17.6. The highest BCUT2D eigenvalue weighted by Crippen LogP contribution is 2.77. The lowest BCUT2D eigenvalue weighted by Gasteiger charge is -2.72. The molecule has 6 rings (SSSR count). The van der Waals surface area contributed by atoms with E-state index in [4.69, 9.17) is 9.47 Å². The Labute approximate surface area is 292 Å². The largest absolute Gasteiger partial charge is 0.478 e. The number of ether oxygens (including phenoxy) is 2. The molecule has 5 nitrogen and oxygen atoms in total. The second kappa shape index (κ2) is 14.3. The third-order valence-corrected chi connectivity index (χ3v) is 15.1. The Bertz CT molecular complexity index is 1310. The van der Waals surface area contributed by atoms with Gasteiger partial charge in [-0.05, 0) is 153 Å². The predicted octanol–water partition coefficient (Wildman–Crippen LogP) is 10.4. The van der Waals surface area contributed by atoms with E-state index >= 15 is 0 Å². The van der Waals surface area contributed by atoms with E-state index in [-0.39, 0.29) is 17.1 Å². The van der Waals surface area contributed by atoms with Gasteiger partial charge >= 0.3 is 5.97 Å². The van der Waals surface area contributed by atoms with E-state index in [2.05, 4.69) is 66.4 Å². The minimum Gasteiger partial charge on any atom is -0.478 e. The fraction of sp³-hybridized carbons (Fsp3) is 0.744. The number of allylic oxidation sites excluding steroid dienone is 3. The summed E-state index contributed by atoms with van der Waals surface area (Å²) < 4.78 is 11.7. The van der Waals surface area contributed by atoms with Gasteiger partial charge in [0.1, 0.15) is 0 Å². The van der Waals surface area contributed by atoms with Crippen molar-refractivity contribution in [2.24, 2.45) is 50.7 Å². The zero-order valence-electron chi connectivity index (χ0n) is 31.6. The third kappa shape index (κ3) is 6.17. The van der Waals surface area contributed by atoms with E-state index in [1.165, 1.54) is 68.9 Å². The van der Waals surface area contributed by atoms with Gasteiger partial charge in [0.25, 0.3) is 0 Å². The average molecular weight is 662 g/mol. The van der Waals surface area contributed by atoms with Gasteiger partial charge in [-0.2, -0.15) is 0 Å². The number of nitrogens with one attached hydrogen (secondary N) is 1. The van der Waals surface area contributed by atoms with E-state index in [1.54, 1.807) is 18.2 Å². The van der Waals surface area contributed by atoms with Crippen molar-refractivity contribution in [1.82, 2.24) is 5.32 Å². The summed E-state index contributed by atoms with van der Waals surface area (Å²) in [6, 6.07) is 7.63. The summed E-state index contributed by atoms with van der Waals surface area (Å²) in [6.45, 7) is 25.7. The highest BCUT2D eigenvalue weighted by atomic mass is 16.7. The maximum absolute atomic E-state index is 11.5. The van der Waals surface area contributed by atoms with Gasteiger partial charge in [-0.25, -0.2) is 4.79 Å². The average Bonchev–Trinajstić information content (AvgIpc) is 3.46. The van der Waals surface area contributed by atoms with Crippen molar-refractivity contribution in [3.05, 3.63) is 54.1 Å². The molecule has 0 radical (unpaired) electrons. The van der Waals surface area contributed by atoms with E-state index in [1.807, 2.05) is 19.1 Å². The number of carboxylic acid groups (broad SMARTS) is 1. The topological polar surface area (TPSA) is 67.8 Å². The quantitative estimate of drug-likeness (QED) is 0.193. The van der Waals surface area contributed by atoms with E-state index < -0.39 is 5.97 Å². The molecule has 7 unspecified atom stereocenters. The first-order valence-electron chi connectivity index (χ1n) is 19.3. The molecular formula is C43H67NO4. The first kappa shape index (κ1) is 37.3. The summed E-state index contributed by atoms with van der Waals surface area (Å²) in [5.41, 5.74) is 4.51. The van der Waals surface area contributed by atoms with Crippen LogP contribution in [0.25, 0.3) is 5.57 Å². The SMILES string of the molecule is C=CC.CCOC(CNCC12CCCC1C1CCC3C4(C)CC=C(c5ccc(C(=O)O)cc5)C(C)(C)C4CCC3(C)[C@]1(C)CC2)OCC. The summed E-state index contributed by atoms with van der Waals surface area (Å²) >= 11 is 0. The first-order valence-corrected chi connectivity index (χ1v) is 19.3. The fourth-order valence-corrected chi connectivity index (χ4v) is 12.9. The Morgan fingerprint density at radius 3 is 2.21 bits per heavy atom. The molecule has 1 aromatic rings. The number of benzene rings is 1. The maximum atomic E-state index is 11.5. The van der Waals surface area contributed by atoms with Crippen LogP contribution in [0, 0.1) is 50.7 Å². The standard InChI is InChI=1S/C40H61NO4.C3H6/c1-8-44-34(45-9-2)25-41-26-40-20-10-11-31(40)30-16-17-33-37(5)21-18-29(27-12-14-28(15-13-27)35(42)43)36(3,4)32(37)19-22-39(33,7)38(30,6)23-24-40;1-3-2/h12-15,18,30-34,41H,8-11,16-17,19-26H2,1-7H3,(H,42,43);3H,1H2,2H3/t30?,31?,32?,33?,37?,38-,39?,40?;/m1./s1. The zero-order valence-corrected chi connectivity index (χ0v) is 31.6. The molecule has 1 aromatic carbocycles. The van der Waals surface area contributed by atoms with E-state index in [9.17, 15) is 9.90 Å². The maximum Gasteiger partial charge on any atom is 0.335 e. The van der Waals surface area contributed by atoms with E-state index in [0.717, 1.165) is 37.3 Å². The van der Waals surface area contributed by atoms with Crippen molar-refractivity contribution in [2.45, 2.75) is 126 Å². The Balaban J connectivity index is 0.00000145. The summed E-state index contributed by atoms with van der Waals surface area (Å²) in [7, 11) is 0. The minimum absolute atomic E-state index is 0.0521. The van der Waals surface area contributed by atoms with Gasteiger partial charge < -0.3 is 19.9 Å². The number of carbonyl (C=O) groups is 1. The molecule has 0 amide bonds. The second-order valence-electron chi connectivity index (χ2n) is 17.3. The molecule has 48 heavy (non-hydrogen) atoms. The molecule has 2 N–H and O–H groups in total. The Morgan fingerprint density at radius 1 is 0.917 bits per heavy atom. The van der Waals surface area contributed by atoms with Crippen LogP contribution in [0.2, 0.25) is 0 Å². The molecule has 5 aliphatic rings. The molecule has 5 aliphatic carbocycles. The summed E-state index contributed by atoms with van der Waals surface area (Å²) in [4.78, 5) is 11.5. The van der Waals surface area contributed by atoms with Crippen LogP contribution >= 0.6 is 0 Å². The smallest absolute Gasteiger partial charge is 0.335 e. The van der Waals surface area contributed by atoms with Crippen LogP contribution in [0.3, 0.4) is 0 Å². The van der Waals surface area contributed by atoms with Crippen molar-refractivity contribution in [3.63, 3.8) is 0 Å². The number of fused-ring (bicyclic) bond motifs is 7. The molecule has 0 spiro atoms. The van der Waals surface area contributed by atoms with Crippen molar-refractivity contribution < 1.29 is 19.4 Å². The van der Waals surface area contributed by atoms with E-state index in [0.29, 0.717) is 40.9 Å². The number of hydrogen-bond donors (Lipinski definition) is 2. The van der Waals surface area contributed by atoms with Crippen LogP contribution in [-0.4, -0.2) is 43.7 Å². The highest BCUT2D eigenvalue weighted by Gasteiger charge is 2.69. The van der Waals surface area contributed by atoms with Crippen LogP contribution in [0.4, 0.5) is 0 Å². The van der Waals surface area contributed by atoms with Crippen molar-refractivity contribution in [2.75, 3.05) is 26.3 Å². The third-order valence-electron chi connectivity index (χ3n) is 15.1. The zero-order chi connectivity index (χ0) is 35.0. The number of hydrogen-bond acceptors (Lipinski definition) is 4. The van der Waals surface area contributed by atoms with Gasteiger partial charge in [0.2, 0.25) is 0 Å². The molecule has 0 heterocycles. The molecule has 0 saturated heterocycles. The van der Waals surface area contributed by atoms with Crippen LogP contribution in [-0.2, 0) is 9.47 Å². The molecule has 4 saturated carbocycles. The minimum atomic E-state index is -0.854. The summed E-state index contributed by atoms with van der Waals surface area (Å²) in [5, 5.41) is 13.3. The number of rotatable bonds is 10. The van der Waals surface area contributed by atoms with Gasteiger partial charge in [0.15, 0.2) is 6.29 Å². The molecule has 268 valence electrons. The highest BCUT2D eigenvalue weighted by molar-refractivity contribution is 5.88. The van der Waals surface area contributed by atoms with Crippen molar-refractivity contribution >= 4 is 11.5 Å². The second-order valence-corrected chi connectivity index (χ2v) is 17.3. The predicted molar refractivity (Wildman–Crippen MR) is 198 cm³/mol. The molecule has 0 aromatic heterocycles. The Hall–Kier alpha value is -1.95. The molecule has 0 bridgehead atoms. The van der Waals surface area contributed by atoms with Gasteiger partial charge in [-0.15, -0.1) is 6.58 Å². The molecule has 4 fully saturated rings. The molecule has 8 atom stereocenters. The molecular weight excluding hydrogens is 594 g/mol. The monoisotopic (exact) mass is 662 g/mol. The van der Waals surface area contributed by atoms with Crippen LogP contribution in [0.15, 0.2) is 43.0 Å². The normalized spacial score (nSPS) is 38.0. The Morgan fingerprint density at radius 2 is 1.58 bits per heavy atom. The van der Waals surface area contributed by atoms with Crippen LogP contribution in [0.1, 0.15) is 136 Å². The molecule has 5 heteroatoms. The van der Waals surface area contributed by atoms with Gasteiger partial charge in [-0.3, -0.25) is 0 Å². The van der Waals surface area contributed by atoms with Gasteiger partial charge in [-0.1, -0.05) is 65.3 Å². The first-order chi connectivity index (χ1) is 22.8. The van der Waals surface area contributed by atoms with Crippen molar-refractivity contribution in [1.29, 1.82) is 0 Å². The lowest BCUT2D eigenvalue weighted by Crippen LogP contribution is -2.65. The number of aromatic carboxylic acids is 1. The fourth-order valence-electron chi connectivity index (χ4n) is 12.9. The lowest BCUT2D eigenvalue weighted by atomic mass is 9.32. The Kier molecular flexibility index (Phi) is 11.2. The van der Waals surface area contributed by atoms with Crippen LogP contribution in [0.5, 0.6) is 0 Å². The van der Waals surface area contributed by atoms with Gasteiger partial charge in [0, 0.05) is 26.3 Å². The molecule has 0 aliphatic heterocycles.